The van der Waals surface area contributed by atoms with E-state index >= 15 is 0 Å². The molecule has 0 aromatic rings. The van der Waals surface area contributed by atoms with Gasteiger partial charge in [0, 0.05) is 25.2 Å². The zero-order valence-electron chi connectivity index (χ0n) is 12.5. The van der Waals surface area contributed by atoms with Gasteiger partial charge in [0.25, 0.3) is 0 Å². The Labute approximate surface area is 125 Å². The maximum absolute atomic E-state index is 12.5. The summed E-state index contributed by atoms with van der Waals surface area (Å²) in [7, 11) is 0. The fourth-order valence-corrected chi connectivity index (χ4v) is 3.18. The summed E-state index contributed by atoms with van der Waals surface area (Å²) in [6.45, 7) is 2.83. The normalized spacial score (nSPS) is 26.5. The number of β-amino-alcohol motifs (C(OH)–C–C–N with tert-alkyl or cyclic N) is 1. The number of aliphatic carboxylic acids is 1. The maximum atomic E-state index is 12.5. The minimum Gasteiger partial charge on any atom is -0.480 e. The second kappa shape index (κ2) is 7.04. The zero-order chi connectivity index (χ0) is 15.4. The number of nitrogens with zero attached hydrogens (tertiary/aromatic N) is 2. The van der Waals surface area contributed by atoms with Crippen molar-refractivity contribution in [1.29, 1.82) is 0 Å². The van der Waals surface area contributed by atoms with Crippen LogP contribution in [0.1, 0.15) is 39.0 Å². The summed E-state index contributed by atoms with van der Waals surface area (Å²) in [5, 5.41) is 18.8. The number of carboxylic acids is 1. The molecular formula is C15H24N2O4. The third-order valence-corrected chi connectivity index (χ3v) is 4.24. The van der Waals surface area contributed by atoms with Gasteiger partial charge < -0.3 is 15.1 Å². The molecule has 2 unspecified atom stereocenters. The molecule has 0 aromatic carbocycles. The van der Waals surface area contributed by atoms with E-state index in [4.69, 9.17) is 5.11 Å². The molecule has 1 heterocycles. The van der Waals surface area contributed by atoms with Crippen LogP contribution < -0.4 is 0 Å². The van der Waals surface area contributed by atoms with Gasteiger partial charge in [-0.3, -0.25) is 14.5 Å². The average molecular weight is 296 g/mol. The van der Waals surface area contributed by atoms with Gasteiger partial charge in [-0.2, -0.15) is 0 Å². The molecule has 21 heavy (non-hydrogen) atoms. The van der Waals surface area contributed by atoms with E-state index in [1.807, 2.05) is 6.92 Å². The van der Waals surface area contributed by atoms with Crippen molar-refractivity contribution in [1.82, 2.24) is 9.80 Å². The smallest absolute Gasteiger partial charge is 0.321 e. The number of likely N-dealkylation sites (N-methyl/N-ethyl adjacent to an activating group) is 1. The summed E-state index contributed by atoms with van der Waals surface area (Å²) in [6.07, 6.45) is 5.80. The number of aliphatic hydroxyl groups excluding tert-OH is 1. The van der Waals surface area contributed by atoms with Gasteiger partial charge in [0.2, 0.25) is 5.91 Å². The fraction of sp³-hybridized carbons (Fsp3) is 0.733. The first kappa shape index (κ1) is 16.0. The predicted molar refractivity (Wildman–Crippen MR) is 77.6 cm³/mol. The first-order valence-electron chi connectivity index (χ1n) is 7.67. The molecule has 1 amide bonds. The molecule has 6 nitrogen and oxygen atoms in total. The Bertz CT molecular complexity index is 435. The van der Waals surface area contributed by atoms with Crippen LogP contribution in [-0.4, -0.2) is 63.7 Å². The van der Waals surface area contributed by atoms with Gasteiger partial charge in [0.1, 0.15) is 6.04 Å². The molecule has 2 N–H and O–H groups in total. The van der Waals surface area contributed by atoms with Crippen LogP contribution in [0.15, 0.2) is 11.8 Å². The summed E-state index contributed by atoms with van der Waals surface area (Å²) in [6, 6.07) is -0.761. The van der Waals surface area contributed by atoms with Crippen LogP contribution in [0.5, 0.6) is 0 Å². The lowest BCUT2D eigenvalue weighted by atomic mass is 10.0. The van der Waals surface area contributed by atoms with Crippen LogP contribution in [0.4, 0.5) is 0 Å². The van der Waals surface area contributed by atoms with Crippen molar-refractivity contribution in [2.75, 3.05) is 19.6 Å². The van der Waals surface area contributed by atoms with Gasteiger partial charge >= 0.3 is 5.97 Å². The Morgan fingerprint density at radius 3 is 2.76 bits per heavy atom. The van der Waals surface area contributed by atoms with Crippen molar-refractivity contribution in [2.24, 2.45) is 0 Å². The lowest BCUT2D eigenvalue weighted by Gasteiger charge is -2.29. The van der Waals surface area contributed by atoms with Crippen LogP contribution in [0, 0.1) is 0 Å². The average Bonchev–Trinajstić information content (AvgIpc) is 2.82. The molecule has 1 fully saturated rings. The van der Waals surface area contributed by atoms with E-state index in [9.17, 15) is 14.7 Å². The van der Waals surface area contributed by atoms with E-state index in [1.54, 1.807) is 9.80 Å². The summed E-state index contributed by atoms with van der Waals surface area (Å²) >= 11 is 0. The molecule has 0 bridgehead atoms. The molecule has 2 aliphatic rings. The maximum Gasteiger partial charge on any atom is 0.321 e. The Kier molecular flexibility index (Phi) is 5.36. The van der Waals surface area contributed by atoms with Gasteiger partial charge in [0.05, 0.1) is 12.6 Å². The van der Waals surface area contributed by atoms with E-state index in [1.165, 1.54) is 0 Å². The highest BCUT2D eigenvalue weighted by Crippen LogP contribution is 2.23. The molecule has 0 aromatic heterocycles. The summed E-state index contributed by atoms with van der Waals surface area (Å²) in [4.78, 5) is 27.0. The zero-order valence-corrected chi connectivity index (χ0v) is 12.5. The molecule has 6 heteroatoms. The van der Waals surface area contributed by atoms with E-state index in [0.717, 1.165) is 31.4 Å². The summed E-state index contributed by atoms with van der Waals surface area (Å²) in [5.41, 5.74) is 1.06. The Morgan fingerprint density at radius 2 is 2.19 bits per heavy atom. The Hall–Kier alpha value is -1.40. The molecule has 0 radical (unpaired) electrons. The molecular weight excluding hydrogens is 272 g/mol. The quantitative estimate of drug-likeness (QED) is 0.785. The number of hydrogen-bond donors (Lipinski definition) is 2. The number of carboxylic acid groups (broad SMARTS) is 1. The molecule has 0 spiro atoms. The van der Waals surface area contributed by atoms with Crippen molar-refractivity contribution >= 4 is 11.9 Å². The molecule has 118 valence electrons. The van der Waals surface area contributed by atoms with E-state index in [2.05, 4.69) is 6.08 Å². The van der Waals surface area contributed by atoms with Gasteiger partial charge in [-0.15, -0.1) is 0 Å². The van der Waals surface area contributed by atoms with Crippen LogP contribution in [0.25, 0.3) is 0 Å². The Morgan fingerprint density at radius 1 is 1.43 bits per heavy atom. The number of allylic oxidation sites excluding steroid dienone is 2. The number of hydrogen-bond acceptors (Lipinski definition) is 4. The highest BCUT2D eigenvalue weighted by molar-refractivity contribution is 5.81. The van der Waals surface area contributed by atoms with Gasteiger partial charge in [-0.1, -0.05) is 6.08 Å². The van der Waals surface area contributed by atoms with Crippen LogP contribution in [0.2, 0.25) is 0 Å². The van der Waals surface area contributed by atoms with Crippen LogP contribution in [0.3, 0.4) is 0 Å². The first-order valence-corrected chi connectivity index (χ1v) is 7.67. The van der Waals surface area contributed by atoms with Crippen molar-refractivity contribution in [3.05, 3.63) is 11.8 Å². The molecule has 1 aliphatic heterocycles. The van der Waals surface area contributed by atoms with Crippen molar-refractivity contribution in [3.63, 3.8) is 0 Å². The molecule has 2 rings (SSSR count). The Balaban J connectivity index is 2.01. The van der Waals surface area contributed by atoms with Crippen molar-refractivity contribution in [3.8, 4) is 0 Å². The lowest BCUT2D eigenvalue weighted by molar-refractivity contribution is -0.143. The molecule has 2 atom stereocenters. The van der Waals surface area contributed by atoms with E-state index in [-0.39, 0.29) is 25.4 Å². The second-order valence-corrected chi connectivity index (χ2v) is 5.75. The first-order chi connectivity index (χ1) is 10.0. The van der Waals surface area contributed by atoms with Gasteiger partial charge in [-0.25, -0.2) is 0 Å². The number of carbonyl (C=O) groups excluding carboxylic acids is 1. The third-order valence-electron chi connectivity index (χ3n) is 4.24. The van der Waals surface area contributed by atoms with Crippen molar-refractivity contribution < 1.29 is 19.8 Å². The monoisotopic (exact) mass is 296 g/mol. The molecule has 1 saturated heterocycles. The van der Waals surface area contributed by atoms with Gasteiger partial charge in [-0.05, 0) is 32.6 Å². The van der Waals surface area contributed by atoms with Crippen molar-refractivity contribution in [2.45, 2.75) is 51.2 Å². The molecule has 0 saturated carbocycles. The topological polar surface area (TPSA) is 81.1 Å². The number of likely N-dealkylation sites (tertiary alicyclic amines) is 1. The largest absolute Gasteiger partial charge is 0.480 e. The minimum absolute atomic E-state index is 0.0548. The number of amides is 1. The highest BCUT2D eigenvalue weighted by Gasteiger charge is 2.37. The third kappa shape index (κ3) is 3.83. The number of carbonyl (C=O) groups is 2. The second-order valence-electron chi connectivity index (χ2n) is 5.75. The van der Waals surface area contributed by atoms with Gasteiger partial charge in [0.15, 0.2) is 0 Å². The highest BCUT2D eigenvalue weighted by atomic mass is 16.4. The van der Waals surface area contributed by atoms with E-state index in [0.29, 0.717) is 6.54 Å². The summed E-state index contributed by atoms with van der Waals surface area (Å²) < 4.78 is 0. The van der Waals surface area contributed by atoms with Crippen LogP contribution in [-0.2, 0) is 9.59 Å². The van der Waals surface area contributed by atoms with Crippen LogP contribution >= 0.6 is 0 Å². The lowest BCUT2D eigenvalue weighted by Crippen LogP contribution is -2.44. The molecule has 1 aliphatic carbocycles. The number of rotatable bonds is 5. The number of aliphatic hydroxyl groups is 1. The minimum atomic E-state index is -0.973. The van der Waals surface area contributed by atoms with E-state index < -0.39 is 18.1 Å². The SMILES string of the molecule is CCN(C(=O)CN1CC(O)CC1C(=O)O)C1=CCCCC1. The summed E-state index contributed by atoms with van der Waals surface area (Å²) in [5.74, 6) is -1.05. The standard InChI is InChI=1S/C15H24N2O4/c1-2-17(11-6-4-3-5-7-11)14(19)10-16-9-12(18)8-13(16)15(20)21/h6,12-13,18H,2-5,7-10H2,1H3,(H,20,21). The predicted octanol–water partition coefficient (Wildman–Crippen LogP) is 0.813. The fourth-order valence-electron chi connectivity index (χ4n) is 3.18.